The molecule has 0 fully saturated rings. The molecule has 1 unspecified atom stereocenters. The van der Waals surface area contributed by atoms with Gasteiger partial charge >= 0.3 is 11.9 Å². The predicted molar refractivity (Wildman–Crippen MR) is 54.8 cm³/mol. The minimum Gasteiger partial charge on any atom is -0.481 e. The van der Waals surface area contributed by atoms with Gasteiger partial charge in [-0.3, -0.25) is 9.59 Å². The number of carbonyl (C=O) groups excluding carboxylic acids is 1. The summed E-state index contributed by atoms with van der Waals surface area (Å²) < 4.78 is 4.76. The summed E-state index contributed by atoms with van der Waals surface area (Å²) in [6, 6.07) is 0. The highest BCUT2D eigenvalue weighted by Crippen LogP contribution is 2.01. The van der Waals surface area contributed by atoms with E-state index in [9.17, 15) is 9.59 Å². The van der Waals surface area contributed by atoms with Crippen LogP contribution in [-0.2, 0) is 14.3 Å². The van der Waals surface area contributed by atoms with Crippen molar-refractivity contribution in [1.82, 2.24) is 0 Å². The van der Waals surface area contributed by atoms with Crippen LogP contribution in [0, 0.1) is 0 Å². The van der Waals surface area contributed by atoms with Crippen molar-refractivity contribution in [3.05, 3.63) is 0 Å². The maximum Gasteiger partial charge on any atom is 0.306 e. The third kappa shape index (κ3) is 9.42. The number of aliphatic hydroxyl groups excluding tert-OH is 2. The average Bonchev–Trinajstić information content (AvgIpc) is 2.25. The first kappa shape index (κ1) is 14.9. The molecule has 0 aliphatic rings. The van der Waals surface area contributed by atoms with Gasteiger partial charge in [-0.25, -0.2) is 0 Å². The van der Waals surface area contributed by atoms with E-state index >= 15 is 0 Å². The largest absolute Gasteiger partial charge is 0.481 e. The molecule has 0 aliphatic carbocycles. The Hall–Kier alpha value is -1.14. The number of carboxylic acid groups (broad SMARTS) is 1. The highest BCUT2D eigenvalue weighted by molar-refractivity contribution is 5.76. The van der Waals surface area contributed by atoms with Gasteiger partial charge in [0.05, 0.1) is 32.2 Å². The Kier molecular flexibility index (Phi) is 8.46. The molecule has 0 aromatic rings. The van der Waals surface area contributed by atoms with E-state index in [0.717, 1.165) is 0 Å². The lowest BCUT2D eigenvalue weighted by Crippen LogP contribution is -2.12. The summed E-state index contributed by atoms with van der Waals surface area (Å²) in [5.74, 6) is -1.55. The maximum atomic E-state index is 10.9. The zero-order chi connectivity index (χ0) is 12.4. The summed E-state index contributed by atoms with van der Waals surface area (Å²) in [5.41, 5.74) is 0. The molecule has 0 aromatic heterocycles. The van der Waals surface area contributed by atoms with Gasteiger partial charge in [0, 0.05) is 0 Å². The first-order chi connectivity index (χ1) is 7.56. The quantitative estimate of drug-likeness (QED) is 0.380. The van der Waals surface area contributed by atoms with Crippen molar-refractivity contribution < 1.29 is 29.6 Å². The summed E-state index contributed by atoms with van der Waals surface area (Å²) in [5, 5.41) is 25.8. The molecule has 0 bridgehead atoms. The van der Waals surface area contributed by atoms with Crippen LogP contribution in [0.5, 0.6) is 0 Å². The second-order valence-corrected chi connectivity index (χ2v) is 3.45. The van der Waals surface area contributed by atoms with Gasteiger partial charge in [0.15, 0.2) is 0 Å². The third-order valence-corrected chi connectivity index (χ3v) is 1.95. The zero-order valence-corrected chi connectivity index (χ0v) is 9.09. The Bertz CT molecular complexity index is 215. The lowest BCUT2D eigenvalue weighted by molar-refractivity contribution is -0.147. The van der Waals surface area contributed by atoms with Crippen molar-refractivity contribution in [3.8, 4) is 0 Å². The highest BCUT2D eigenvalue weighted by atomic mass is 16.5. The molecule has 0 aliphatic heterocycles. The van der Waals surface area contributed by atoms with E-state index < -0.39 is 18.0 Å². The van der Waals surface area contributed by atoms with Gasteiger partial charge in [0.2, 0.25) is 0 Å². The fourth-order valence-corrected chi connectivity index (χ4v) is 1.04. The molecule has 1 atom stereocenters. The number of unbranched alkanes of at least 4 members (excludes halogenated alkanes) is 1. The van der Waals surface area contributed by atoms with E-state index in [1.807, 2.05) is 0 Å². The van der Waals surface area contributed by atoms with Gasteiger partial charge in [-0.05, 0) is 19.3 Å². The molecular weight excluding hydrogens is 216 g/mol. The third-order valence-electron chi connectivity index (χ3n) is 1.95. The van der Waals surface area contributed by atoms with Crippen molar-refractivity contribution in [1.29, 1.82) is 0 Å². The summed E-state index contributed by atoms with van der Waals surface area (Å²) in [6.07, 6.45) is 0.645. The molecular formula is C10H18O6. The molecule has 0 rings (SSSR count). The molecule has 0 amide bonds. The Balaban J connectivity index is 3.31. The van der Waals surface area contributed by atoms with Crippen molar-refractivity contribution in [2.24, 2.45) is 0 Å². The molecule has 0 saturated heterocycles. The Morgan fingerprint density at radius 3 is 2.44 bits per heavy atom. The molecule has 6 heteroatoms. The molecule has 0 aromatic carbocycles. The van der Waals surface area contributed by atoms with Gasteiger partial charge in [0.25, 0.3) is 0 Å². The number of rotatable bonds is 9. The van der Waals surface area contributed by atoms with Gasteiger partial charge in [-0.2, -0.15) is 0 Å². The average molecular weight is 234 g/mol. The SMILES string of the molecule is O=C(O)CCC(=O)OCCCCC(O)CO. The number of carbonyl (C=O) groups is 2. The number of carboxylic acids is 1. The highest BCUT2D eigenvalue weighted by Gasteiger charge is 2.06. The Morgan fingerprint density at radius 1 is 1.19 bits per heavy atom. The number of aliphatic carboxylic acids is 1. The van der Waals surface area contributed by atoms with Gasteiger partial charge < -0.3 is 20.1 Å². The number of esters is 1. The number of ether oxygens (including phenoxy) is 1. The Labute approximate surface area is 93.8 Å². The van der Waals surface area contributed by atoms with E-state index in [1.165, 1.54) is 0 Å². The second-order valence-electron chi connectivity index (χ2n) is 3.45. The summed E-state index contributed by atoms with van der Waals surface area (Å²) in [4.78, 5) is 21.1. The van der Waals surface area contributed by atoms with Gasteiger partial charge in [-0.15, -0.1) is 0 Å². The van der Waals surface area contributed by atoms with Crippen LogP contribution in [0.4, 0.5) is 0 Å². The van der Waals surface area contributed by atoms with Crippen LogP contribution in [0.15, 0.2) is 0 Å². The normalized spacial score (nSPS) is 12.1. The van der Waals surface area contributed by atoms with Crippen LogP contribution in [0.25, 0.3) is 0 Å². The van der Waals surface area contributed by atoms with Crippen LogP contribution in [0.1, 0.15) is 32.1 Å². The maximum absolute atomic E-state index is 10.9. The van der Waals surface area contributed by atoms with Crippen LogP contribution in [0.3, 0.4) is 0 Å². The van der Waals surface area contributed by atoms with Crippen LogP contribution in [0.2, 0.25) is 0 Å². The summed E-state index contributed by atoms with van der Waals surface area (Å²) in [7, 11) is 0. The fourth-order valence-electron chi connectivity index (χ4n) is 1.04. The molecule has 94 valence electrons. The molecule has 3 N–H and O–H groups in total. The van der Waals surface area contributed by atoms with Crippen molar-refractivity contribution in [3.63, 3.8) is 0 Å². The standard InChI is InChI=1S/C10H18O6/c11-7-8(12)3-1-2-6-16-10(15)5-4-9(13)14/h8,11-12H,1-7H2,(H,13,14). The smallest absolute Gasteiger partial charge is 0.306 e. The van der Waals surface area contributed by atoms with E-state index in [0.29, 0.717) is 19.3 Å². The number of aliphatic hydroxyl groups is 2. The topological polar surface area (TPSA) is 104 Å². The fraction of sp³-hybridized carbons (Fsp3) is 0.800. The van der Waals surface area contributed by atoms with E-state index in [1.54, 1.807) is 0 Å². The van der Waals surface area contributed by atoms with Gasteiger partial charge in [0.1, 0.15) is 0 Å². The first-order valence-electron chi connectivity index (χ1n) is 5.22. The van der Waals surface area contributed by atoms with E-state index in [2.05, 4.69) is 0 Å². The Morgan fingerprint density at radius 2 is 1.88 bits per heavy atom. The van der Waals surface area contributed by atoms with Crippen molar-refractivity contribution >= 4 is 11.9 Å². The summed E-state index contributed by atoms with van der Waals surface area (Å²) >= 11 is 0. The molecule has 0 heterocycles. The number of hydrogen-bond donors (Lipinski definition) is 3. The minimum atomic E-state index is -1.02. The summed E-state index contributed by atoms with van der Waals surface area (Å²) in [6.45, 7) is -0.0466. The monoisotopic (exact) mass is 234 g/mol. The van der Waals surface area contributed by atoms with Crippen LogP contribution < -0.4 is 0 Å². The van der Waals surface area contributed by atoms with Crippen molar-refractivity contribution in [2.75, 3.05) is 13.2 Å². The van der Waals surface area contributed by atoms with E-state index in [4.69, 9.17) is 20.1 Å². The molecule has 0 radical (unpaired) electrons. The second kappa shape index (κ2) is 9.11. The molecule has 16 heavy (non-hydrogen) atoms. The van der Waals surface area contributed by atoms with Crippen molar-refractivity contribution in [2.45, 2.75) is 38.2 Å². The molecule has 0 spiro atoms. The van der Waals surface area contributed by atoms with E-state index in [-0.39, 0.29) is 26.1 Å². The number of hydrogen-bond acceptors (Lipinski definition) is 5. The van der Waals surface area contributed by atoms with Gasteiger partial charge in [-0.1, -0.05) is 0 Å². The zero-order valence-electron chi connectivity index (χ0n) is 9.09. The minimum absolute atomic E-state index is 0.116. The van der Waals surface area contributed by atoms with Crippen LogP contribution >= 0.6 is 0 Å². The lowest BCUT2D eigenvalue weighted by Gasteiger charge is -2.06. The molecule has 6 nitrogen and oxygen atoms in total. The molecule has 0 saturated carbocycles. The predicted octanol–water partition coefficient (Wildman–Crippen LogP) is -0.0821. The first-order valence-corrected chi connectivity index (χ1v) is 5.22. The lowest BCUT2D eigenvalue weighted by atomic mass is 10.2. The van der Waals surface area contributed by atoms with Crippen LogP contribution in [-0.4, -0.2) is 46.6 Å².